The first-order valence-corrected chi connectivity index (χ1v) is 5.68. The highest BCUT2D eigenvalue weighted by atomic mass is 16.5. The van der Waals surface area contributed by atoms with Crippen molar-refractivity contribution < 1.29 is 14.9 Å². The summed E-state index contributed by atoms with van der Waals surface area (Å²) >= 11 is 0. The van der Waals surface area contributed by atoms with E-state index in [1.807, 2.05) is 6.92 Å². The lowest BCUT2D eigenvalue weighted by atomic mass is 9.92. The Morgan fingerprint density at radius 3 is 2.60 bits per heavy atom. The molecule has 1 aliphatic heterocycles. The van der Waals surface area contributed by atoms with Gasteiger partial charge < -0.3 is 20.3 Å². The van der Waals surface area contributed by atoms with Gasteiger partial charge in [-0.1, -0.05) is 6.92 Å². The number of rotatable bonds is 6. The number of nitrogens with one attached hydrogen (secondary N) is 1. The Morgan fingerprint density at radius 2 is 2.13 bits per heavy atom. The Bertz CT molecular complexity index is 177. The number of hydrogen-bond acceptors (Lipinski definition) is 4. The summed E-state index contributed by atoms with van der Waals surface area (Å²) in [5, 5.41) is 21.6. The molecule has 0 aliphatic carbocycles. The topological polar surface area (TPSA) is 61.7 Å². The molecule has 4 heteroatoms. The quantitative estimate of drug-likeness (QED) is 0.592. The zero-order valence-corrected chi connectivity index (χ0v) is 9.70. The number of hydrogen-bond donors (Lipinski definition) is 3. The molecule has 15 heavy (non-hydrogen) atoms. The fourth-order valence-corrected chi connectivity index (χ4v) is 1.70. The second kappa shape index (κ2) is 5.80. The van der Waals surface area contributed by atoms with Gasteiger partial charge in [0.25, 0.3) is 0 Å². The molecule has 0 saturated carbocycles. The Balaban J connectivity index is 2.28. The highest BCUT2D eigenvalue weighted by Crippen LogP contribution is 2.17. The van der Waals surface area contributed by atoms with Crippen LogP contribution in [0.15, 0.2) is 0 Å². The molecular formula is C11H23NO3. The summed E-state index contributed by atoms with van der Waals surface area (Å²) in [5.74, 6) is 0. The predicted octanol–water partition coefficient (Wildman–Crippen LogP) is 0.134. The fourth-order valence-electron chi connectivity index (χ4n) is 1.70. The van der Waals surface area contributed by atoms with Crippen molar-refractivity contribution >= 4 is 0 Å². The minimum absolute atomic E-state index is 0.00521. The Kier molecular flexibility index (Phi) is 4.99. The molecule has 1 heterocycles. The van der Waals surface area contributed by atoms with E-state index in [2.05, 4.69) is 12.2 Å². The summed E-state index contributed by atoms with van der Waals surface area (Å²) < 4.78 is 5.56. The van der Waals surface area contributed by atoms with E-state index in [0.29, 0.717) is 6.54 Å². The van der Waals surface area contributed by atoms with Gasteiger partial charge in [-0.3, -0.25) is 0 Å². The molecular weight excluding hydrogens is 194 g/mol. The molecule has 0 spiro atoms. The van der Waals surface area contributed by atoms with Crippen LogP contribution in [-0.2, 0) is 4.74 Å². The monoisotopic (exact) mass is 217 g/mol. The molecule has 0 aromatic heterocycles. The van der Waals surface area contributed by atoms with Crippen LogP contribution in [-0.4, -0.2) is 48.7 Å². The van der Waals surface area contributed by atoms with E-state index in [4.69, 9.17) is 14.9 Å². The summed E-state index contributed by atoms with van der Waals surface area (Å²) in [6.45, 7) is 5.41. The molecule has 1 rings (SSSR count). The Hall–Kier alpha value is -0.160. The first kappa shape index (κ1) is 12.9. The second-order valence-corrected chi connectivity index (χ2v) is 4.85. The molecule has 4 nitrogen and oxygen atoms in total. The van der Waals surface area contributed by atoms with Gasteiger partial charge in [0.2, 0.25) is 0 Å². The van der Waals surface area contributed by atoms with Gasteiger partial charge in [-0.05, 0) is 19.8 Å². The number of aliphatic hydroxyl groups is 2. The van der Waals surface area contributed by atoms with Gasteiger partial charge in [0.1, 0.15) is 0 Å². The lowest BCUT2D eigenvalue weighted by Gasteiger charge is -2.29. The minimum Gasteiger partial charge on any atom is -0.396 e. The van der Waals surface area contributed by atoms with Crippen LogP contribution < -0.4 is 5.32 Å². The zero-order valence-electron chi connectivity index (χ0n) is 9.70. The van der Waals surface area contributed by atoms with E-state index in [-0.39, 0.29) is 25.4 Å². The minimum atomic E-state index is -0.438. The van der Waals surface area contributed by atoms with E-state index in [0.717, 1.165) is 19.4 Å². The van der Waals surface area contributed by atoms with Crippen LogP contribution >= 0.6 is 0 Å². The van der Waals surface area contributed by atoms with Crippen LogP contribution in [0.2, 0.25) is 0 Å². The molecule has 0 radical (unpaired) electrons. The van der Waals surface area contributed by atoms with Gasteiger partial charge in [0, 0.05) is 24.6 Å². The summed E-state index contributed by atoms with van der Waals surface area (Å²) in [7, 11) is 0. The maximum Gasteiger partial charge on any atom is 0.0726 e. The first-order valence-electron chi connectivity index (χ1n) is 5.68. The van der Waals surface area contributed by atoms with Crippen molar-refractivity contribution in [3.63, 3.8) is 0 Å². The highest BCUT2D eigenvalue weighted by molar-refractivity contribution is 4.81. The van der Waals surface area contributed by atoms with E-state index in [1.165, 1.54) is 0 Å². The van der Waals surface area contributed by atoms with Crippen molar-refractivity contribution in [2.75, 3.05) is 26.4 Å². The molecule has 3 N–H and O–H groups in total. The smallest absolute Gasteiger partial charge is 0.0726 e. The molecule has 2 unspecified atom stereocenters. The number of ether oxygens (including phenoxy) is 1. The summed E-state index contributed by atoms with van der Waals surface area (Å²) in [5.41, 5.74) is -0.438. The van der Waals surface area contributed by atoms with Crippen LogP contribution in [0.3, 0.4) is 0 Å². The van der Waals surface area contributed by atoms with Crippen molar-refractivity contribution in [1.82, 2.24) is 5.32 Å². The van der Waals surface area contributed by atoms with Crippen molar-refractivity contribution in [1.29, 1.82) is 0 Å². The molecule has 0 amide bonds. The maximum atomic E-state index is 9.13. The summed E-state index contributed by atoms with van der Waals surface area (Å²) in [6.07, 6.45) is 2.52. The normalized spacial score (nSPS) is 24.4. The maximum absolute atomic E-state index is 9.13. The lowest BCUT2D eigenvalue weighted by molar-refractivity contribution is 0.0496. The van der Waals surface area contributed by atoms with Crippen LogP contribution in [0, 0.1) is 5.41 Å². The van der Waals surface area contributed by atoms with E-state index in [1.54, 1.807) is 0 Å². The highest BCUT2D eigenvalue weighted by Gasteiger charge is 2.26. The van der Waals surface area contributed by atoms with Gasteiger partial charge in [0.05, 0.1) is 19.3 Å². The Labute approximate surface area is 91.6 Å². The standard InChI is InChI=1S/C11H23NO3/c1-9(10-4-3-5-15-10)12-6-11(2,7-13)8-14/h9-10,12-14H,3-8H2,1-2H3. The van der Waals surface area contributed by atoms with Crippen molar-refractivity contribution in [2.45, 2.75) is 38.8 Å². The van der Waals surface area contributed by atoms with E-state index in [9.17, 15) is 0 Å². The third kappa shape index (κ3) is 3.72. The SMILES string of the molecule is CC(NCC(C)(CO)CO)C1CCCO1. The van der Waals surface area contributed by atoms with Crippen LogP contribution in [0.4, 0.5) is 0 Å². The number of aliphatic hydroxyl groups excluding tert-OH is 2. The Morgan fingerprint density at radius 1 is 1.47 bits per heavy atom. The average molecular weight is 217 g/mol. The van der Waals surface area contributed by atoms with E-state index >= 15 is 0 Å². The lowest BCUT2D eigenvalue weighted by Crippen LogP contribution is -2.45. The van der Waals surface area contributed by atoms with Gasteiger partial charge in [-0.15, -0.1) is 0 Å². The van der Waals surface area contributed by atoms with Crippen molar-refractivity contribution in [3.05, 3.63) is 0 Å². The molecule has 90 valence electrons. The van der Waals surface area contributed by atoms with Crippen LogP contribution in [0.25, 0.3) is 0 Å². The van der Waals surface area contributed by atoms with Gasteiger partial charge >= 0.3 is 0 Å². The van der Waals surface area contributed by atoms with Gasteiger partial charge in [-0.2, -0.15) is 0 Å². The third-order valence-corrected chi connectivity index (χ3v) is 3.14. The molecule has 1 aliphatic rings. The van der Waals surface area contributed by atoms with Crippen molar-refractivity contribution in [2.24, 2.45) is 5.41 Å². The zero-order chi connectivity index (χ0) is 11.3. The molecule has 1 saturated heterocycles. The summed E-state index contributed by atoms with van der Waals surface area (Å²) in [6, 6.07) is 0.282. The molecule has 0 aromatic carbocycles. The second-order valence-electron chi connectivity index (χ2n) is 4.85. The van der Waals surface area contributed by atoms with Crippen molar-refractivity contribution in [3.8, 4) is 0 Å². The van der Waals surface area contributed by atoms with Gasteiger partial charge in [0.15, 0.2) is 0 Å². The molecule has 2 atom stereocenters. The predicted molar refractivity (Wildman–Crippen MR) is 58.7 cm³/mol. The average Bonchev–Trinajstić information content (AvgIpc) is 2.79. The third-order valence-electron chi connectivity index (χ3n) is 3.14. The molecule has 1 fully saturated rings. The largest absolute Gasteiger partial charge is 0.396 e. The summed E-state index contributed by atoms with van der Waals surface area (Å²) in [4.78, 5) is 0. The van der Waals surface area contributed by atoms with Crippen LogP contribution in [0.1, 0.15) is 26.7 Å². The van der Waals surface area contributed by atoms with Crippen LogP contribution in [0.5, 0.6) is 0 Å². The fraction of sp³-hybridized carbons (Fsp3) is 1.00. The first-order chi connectivity index (χ1) is 7.11. The molecule has 0 aromatic rings. The van der Waals surface area contributed by atoms with Gasteiger partial charge in [-0.25, -0.2) is 0 Å². The van der Waals surface area contributed by atoms with E-state index < -0.39 is 5.41 Å². The molecule has 0 bridgehead atoms.